The van der Waals surface area contributed by atoms with Crippen LogP contribution in [0.3, 0.4) is 0 Å². The molecule has 0 bridgehead atoms. The SMILES string of the molecule is O=C(Nc1nnc2ccccn12)C1CCCN1C(=O)c1ccc(Cl)s1. The number of hydrogen-bond acceptors (Lipinski definition) is 5. The monoisotopic (exact) mass is 375 g/mol. The molecule has 4 rings (SSSR count). The minimum absolute atomic E-state index is 0.166. The molecular weight excluding hydrogens is 362 g/mol. The molecule has 0 saturated carbocycles. The van der Waals surface area contributed by atoms with Gasteiger partial charge in [-0.2, -0.15) is 0 Å². The van der Waals surface area contributed by atoms with Gasteiger partial charge in [-0.15, -0.1) is 21.5 Å². The number of fused-ring (bicyclic) bond motifs is 1. The lowest BCUT2D eigenvalue weighted by Gasteiger charge is -2.23. The van der Waals surface area contributed by atoms with E-state index in [2.05, 4.69) is 15.5 Å². The summed E-state index contributed by atoms with van der Waals surface area (Å²) in [4.78, 5) is 27.5. The summed E-state index contributed by atoms with van der Waals surface area (Å²) in [6, 6.07) is 8.33. The predicted octanol–water partition coefficient (Wildman–Crippen LogP) is 2.69. The number of anilines is 1. The largest absolute Gasteiger partial charge is 0.326 e. The highest BCUT2D eigenvalue weighted by molar-refractivity contribution is 7.18. The Hall–Kier alpha value is -2.45. The number of hydrogen-bond donors (Lipinski definition) is 1. The van der Waals surface area contributed by atoms with Crippen LogP contribution >= 0.6 is 22.9 Å². The predicted molar refractivity (Wildman–Crippen MR) is 95.0 cm³/mol. The number of aromatic nitrogens is 3. The van der Waals surface area contributed by atoms with Crippen LogP contribution in [0.5, 0.6) is 0 Å². The van der Waals surface area contributed by atoms with Crippen LogP contribution in [0.1, 0.15) is 22.5 Å². The van der Waals surface area contributed by atoms with E-state index in [4.69, 9.17) is 11.6 Å². The van der Waals surface area contributed by atoms with E-state index in [1.165, 1.54) is 11.3 Å². The van der Waals surface area contributed by atoms with E-state index < -0.39 is 6.04 Å². The molecule has 0 aromatic carbocycles. The Morgan fingerprint density at radius 2 is 2.12 bits per heavy atom. The molecule has 3 aromatic rings. The quantitative estimate of drug-likeness (QED) is 0.763. The third-order valence-corrected chi connectivity index (χ3v) is 5.37. The molecular formula is C16H14ClN5O2S. The standard InChI is InChI=1S/C16H14ClN5O2S/c17-12-7-6-11(25-12)15(24)21-9-3-4-10(21)14(23)18-16-20-19-13-5-1-2-8-22(13)16/h1-2,5-8,10H,3-4,9H2,(H,18,20,23). The summed E-state index contributed by atoms with van der Waals surface area (Å²) in [6.45, 7) is 0.549. The Morgan fingerprint density at radius 3 is 2.92 bits per heavy atom. The molecule has 3 aromatic heterocycles. The first-order chi connectivity index (χ1) is 12.1. The van der Waals surface area contributed by atoms with Gasteiger partial charge in [-0.05, 0) is 37.1 Å². The van der Waals surface area contributed by atoms with Gasteiger partial charge in [-0.3, -0.25) is 19.3 Å². The fourth-order valence-corrected chi connectivity index (χ4v) is 3.97. The minimum Gasteiger partial charge on any atom is -0.326 e. The molecule has 0 aliphatic carbocycles. The van der Waals surface area contributed by atoms with Gasteiger partial charge in [0.1, 0.15) is 6.04 Å². The zero-order valence-corrected chi connectivity index (χ0v) is 14.6. The molecule has 128 valence electrons. The van der Waals surface area contributed by atoms with Crippen molar-refractivity contribution in [3.05, 3.63) is 45.7 Å². The van der Waals surface area contributed by atoms with Gasteiger partial charge < -0.3 is 4.90 Å². The highest BCUT2D eigenvalue weighted by atomic mass is 35.5. The first-order valence-corrected chi connectivity index (χ1v) is 9.00. The Morgan fingerprint density at radius 1 is 1.24 bits per heavy atom. The maximum atomic E-state index is 12.7. The van der Waals surface area contributed by atoms with Gasteiger partial charge in [0.15, 0.2) is 5.65 Å². The third-order valence-electron chi connectivity index (χ3n) is 4.15. The number of carbonyl (C=O) groups is 2. The van der Waals surface area contributed by atoms with Crippen LogP contribution in [0.2, 0.25) is 4.34 Å². The van der Waals surface area contributed by atoms with Crippen molar-refractivity contribution in [2.24, 2.45) is 0 Å². The van der Waals surface area contributed by atoms with E-state index in [1.54, 1.807) is 33.7 Å². The second-order valence-corrected chi connectivity index (χ2v) is 7.42. The van der Waals surface area contributed by atoms with E-state index in [0.717, 1.165) is 6.42 Å². The van der Waals surface area contributed by atoms with Gasteiger partial charge in [0.2, 0.25) is 11.9 Å². The van der Waals surface area contributed by atoms with Crippen molar-refractivity contribution in [3.63, 3.8) is 0 Å². The third kappa shape index (κ3) is 2.98. The fourth-order valence-electron chi connectivity index (χ4n) is 2.97. The molecule has 1 N–H and O–H groups in total. The molecule has 1 atom stereocenters. The lowest BCUT2D eigenvalue weighted by atomic mass is 10.2. The van der Waals surface area contributed by atoms with Gasteiger partial charge >= 0.3 is 0 Å². The van der Waals surface area contributed by atoms with E-state index in [-0.39, 0.29) is 11.8 Å². The maximum absolute atomic E-state index is 12.7. The molecule has 1 fully saturated rings. The van der Waals surface area contributed by atoms with E-state index in [0.29, 0.717) is 33.8 Å². The molecule has 9 heteroatoms. The van der Waals surface area contributed by atoms with Crippen LogP contribution in [0.4, 0.5) is 5.95 Å². The normalized spacial score (nSPS) is 17.2. The van der Waals surface area contributed by atoms with Gasteiger partial charge in [0.05, 0.1) is 9.21 Å². The second-order valence-electron chi connectivity index (χ2n) is 5.70. The number of rotatable bonds is 3. The minimum atomic E-state index is -0.524. The lowest BCUT2D eigenvalue weighted by Crippen LogP contribution is -2.43. The molecule has 0 spiro atoms. The summed E-state index contributed by atoms with van der Waals surface area (Å²) in [5.41, 5.74) is 0.644. The van der Waals surface area contributed by atoms with Crippen LogP contribution in [0.25, 0.3) is 5.65 Å². The van der Waals surface area contributed by atoms with Crippen molar-refractivity contribution in [2.75, 3.05) is 11.9 Å². The van der Waals surface area contributed by atoms with Gasteiger partial charge in [0, 0.05) is 12.7 Å². The molecule has 0 radical (unpaired) electrons. The Labute approximate surface area is 152 Å². The Kier molecular flexibility index (Phi) is 4.14. The smallest absolute Gasteiger partial charge is 0.264 e. The molecule has 4 heterocycles. The first kappa shape index (κ1) is 16.0. The molecule has 1 saturated heterocycles. The second kappa shape index (κ2) is 6.45. The van der Waals surface area contributed by atoms with Crippen molar-refractivity contribution in [2.45, 2.75) is 18.9 Å². The number of nitrogens with zero attached hydrogens (tertiary/aromatic N) is 4. The summed E-state index contributed by atoms with van der Waals surface area (Å²) in [5, 5.41) is 10.8. The fraction of sp³-hybridized carbons (Fsp3) is 0.250. The highest BCUT2D eigenvalue weighted by Crippen LogP contribution is 2.27. The van der Waals surface area contributed by atoms with Crippen LogP contribution in [-0.4, -0.2) is 43.9 Å². The van der Waals surface area contributed by atoms with Crippen molar-refractivity contribution in [1.29, 1.82) is 0 Å². The molecule has 2 amide bonds. The molecule has 25 heavy (non-hydrogen) atoms. The number of carbonyl (C=O) groups excluding carboxylic acids is 2. The van der Waals surface area contributed by atoms with Gasteiger partial charge in [0.25, 0.3) is 5.91 Å². The molecule has 1 unspecified atom stereocenters. The van der Waals surface area contributed by atoms with Crippen molar-refractivity contribution in [3.8, 4) is 0 Å². The summed E-state index contributed by atoms with van der Waals surface area (Å²) in [7, 11) is 0. The Bertz CT molecular complexity index is 953. The summed E-state index contributed by atoms with van der Waals surface area (Å²) in [5.74, 6) is -0.0774. The number of likely N-dealkylation sites (tertiary alicyclic amines) is 1. The lowest BCUT2D eigenvalue weighted by molar-refractivity contribution is -0.119. The highest BCUT2D eigenvalue weighted by Gasteiger charge is 2.35. The number of nitrogens with one attached hydrogen (secondary N) is 1. The van der Waals surface area contributed by atoms with Crippen LogP contribution in [-0.2, 0) is 4.79 Å². The summed E-state index contributed by atoms with van der Waals surface area (Å²) in [6.07, 6.45) is 3.17. The maximum Gasteiger partial charge on any atom is 0.264 e. The zero-order chi connectivity index (χ0) is 17.4. The summed E-state index contributed by atoms with van der Waals surface area (Å²) < 4.78 is 2.25. The van der Waals surface area contributed by atoms with Crippen LogP contribution in [0, 0.1) is 0 Å². The number of amides is 2. The van der Waals surface area contributed by atoms with Crippen LogP contribution in [0.15, 0.2) is 36.5 Å². The van der Waals surface area contributed by atoms with E-state index >= 15 is 0 Å². The summed E-state index contributed by atoms with van der Waals surface area (Å²) >= 11 is 7.13. The molecule has 1 aliphatic heterocycles. The Balaban J connectivity index is 1.53. The molecule has 7 nitrogen and oxygen atoms in total. The first-order valence-electron chi connectivity index (χ1n) is 7.80. The van der Waals surface area contributed by atoms with E-state index in [1.807, 2.05) is 12.1 Å². The topological polar surface area (TPSA) is 79.6 Å². The zero-order valence-electron chi connectivity index (χ0n) is 13.1. The van der Waals surface area contributed by atoms with Crippen LogP contribution < -0.4 is 5.32 Å². The average molecular weight is 376 g/mol. The number of thiophene rings is 1. The van der Waals surface area contributed by atoms with Crippen molar-refractivity contribution in [1.82, 2.24) is 19.5 Å². The number of pyridine rings is 1. The van der Waals surface area contributed by atoms with Gasteiger partial charge in [-0.25, -0.2) is 0 Å². The molecule has 1 aliphatic rings. The van der Waals surface area contributed by atoms with Gasteiger partial charge in [-0.1, -0.05) is 17.7 Å². The number of halogens is 1. The van der Waals surface area contributed by atoms with Crippen molar-refractivity contribution >= 4 is 46.3 Å². The van der Waals surface area contributed by atoms with Crippen molar-refractivity contribution < 1.29 is 9.59 Å². The average Bonchev–Trinajstić information content (AvgIpc) is 3.34. The van der Waals surface area contributed by atoms with E-state index in [9.17, 15) is 9.59 Å².